The lowest BCUT2D eigenvalue weighted by atomic mass is 9.67. The largest absolute Gasteiger partial charge is 0.494 e. The van der Waals surface area contributed by atoms with Gasteiger partial charge in [0.2, 0.25) is 0 Å². The standard InChI is InChI=1S/C53H62O4/c54-33-17-9-5-1-3-7-11-19-35-56-47-31-27-41-37-45(29-25-43(41)39-47)53(51-23-15-13-21-49(51)50-22-14-16-24-52(50)53)46-30-26-44-40-48(32-28-42(44)38-46)57-36-20-12-8-4-2-6-10-18-34-55/h13-16,21-32,37-40,54-55H,1-12,17-20,33-36H2. The van der Waals surface area contributed by atoms with Gasteiger partial charge in [-0.1, -0.05) is 162 Å². The minimum absolute atomic E-state index is 0.316. The number of aliphatic hydroxyl groups is 2. The Balaban J connectivity index is 1.08. The van der Waals surface area contributed by atoms with E-state index in [1.165, 1.54) is 119 Å². The highest BCUT2D eigenvalue weighted by Gasteiger charge is 2.46. The molecule has 0 amide bonds. The Hall–Kier alpha value is -4.64. The Bertz CT molecular complexity index is 2010. The van der Waals surface area contributed by atoms with Gasteiger partial charge in [0.25, 0.3) is 0 Å². The molecule has 0 unspecified atom stereocenters. The van der Waals surface area contributed by atoms with E-state index in [2.05, 4.69) is 121 Å². The maximum absolute atomic E-state index is 8.96. The molecule has 1 aliphatic rings. The van der Waals surface area contributed by atoms with Crippen molar-refractivity contribution < 1.29 is 19.7 Å². The number of benzene rings is 6. The van der Waals surface area contributed by atoms with Gasteiger partial charge in [0.05, 0.1) is 18.6 Å². The van der Waals surface area contributed by atoms with Gasteiger partial charge >= 0.3 is 0 Å². The van der Waals surface area contributed by atoms with Crippen LogP contribution in [0, 0.1) is 0 Å². The topological polar surface area (TPSA) is 58.9 Å². The normalized spacial score (nSPS) is 12.9. The van der Waals surface area contributed by atoms with Gasteiger partial charge in [-0.2, -0.15) is 0 Å². The van der Waals surface area contributed by atoms with Crippen molar-refractivity contribution in [3.05, 3.63) is 144 Å². The third kappa shape index (κ3) is 9.74. The van der Waals surface area contributed by atoms with E-state index in [-0.39, 0.29) is 0 Å². The fourth-order valence-electron chi connectivity index (χ4n) is 9.05. The molecule has 0 aromatic heterocycles. The summed E-state index contributed by atoms with van der Waals surface area (Å²) in [7, 11) is 0. The van der Waals surface area contributed by atoms with Crippen LogP contribution >= 0.6 is 0 Å². The first-order chi connectivity index (χ1) is 28.2. The van der Waals surface area contributed by atoms with Crippen molar-refractivity contribution in [3.8, 4) is 22.6 Å². The van der Waals surface area contributed by atoms with Gasteiger partial charge in [-0.25, -0.2) is 0 Å². The predicted octanol–water partition coefficient (Wildman–Crippen LogP) is 13.3. The van der Waals surface area contributed by atoms with Gasteiger partial charge in [-0.3, -0.25) is 0 Å². The van der Waals surface area contributed by atoms with Crippen LogP contribution < -0.4 is 9.47 Å². The van der Waals surface area contributed by atoms with E-state index < -0.39 is 5.41 Å². The number of hydrogen-bond acceptors (Lipinski definition) is 4. The van der Waals surface area contributed by atoms with Gasteiger partial charge in [-0.15, -0.1) is 0 Å². The summed E-state index contributed by atoms with van der Waals surface area (Å²) in [5.74, 6) is 1.87. The number of fused-ring (bicyclic) bond motifs is 5. The molecule has 0 saturated carbocycles. The van der Waals surface area contributed by atoms with Crippen LogP contribution in [0.3, 0.4) is 0 Å². The van der Waals surface area contributed by atoms with E-state index in [0.29, 0.717) is 13.2 Å². The summed E-state index contributed by atoms with van der Waals surface area (Å²) in [6, 6.07) is 45.1. The van der Waals surface area contributed by atoms with Crippen molar-refractivity contribution in [1.29, 1.82) is 0 Å². The zero-order valence-electron chi connectivity index (χ0n) is 33.9. The molecule has 4 nitrogen and oxygen atoms in total. The second-order valence-corrected chi connectivity index (χ2v) is 16.1. The molecule has 0 aliphatic heterocycles. The van der Waals surface area contributed by atoms with Crippen LogP contribution in [0.4, 0.5) is 0 Å². The van der Waals surface area contributed by atoms with Crippen LogP contribution in [-0.2, 0) is 5.41 Å². The summed E-state index contributed by atoms with van der Waals surface area (Å²) in [6.45, 7) is 2.12. The lowest BCUT2D eigenvalue weighted by Gasteiger charge is -2.34. The summed E-state index contributed by atoms with van der Waals surface area (Å²) in [6.07, 6.45) is 18.7. The van der Waals surface area contributed by atoms with E-state index in [9.17, 15) is 0 Å². The van der Waals surface area contributed by atoms with Gasteiger partial charge in [-0.05, 0) is 117 Å². The maximum Gasteiger partial charge on any atom is 0.119 e. The van der Waals surface area contributed by atoms with E-state index in [1.807, 2.05) is 0 Å². The van der Waals surface area contributed by atoms with Gasteiger partial charge in [0.15, 0.2) is 0 Å². The Kier molecular flexibility index (Phi) is 14.7. The maximum atomic E-state index is 8.96. The minimum atomic E-state index is -0.475. The van der Waals surface area contributed by atoms with Crippen LogP contribution in [0.2, 0.25) is 0 Å². The summed E-state index contributed by atoms with van der Waals surface area (Å²) < 4.78 is 12.5. The first-order valence-electron chi connectivity index (χ1n) is 22.0. The Morgan fingerprint density at radius 3 is 1.12 bits per heavy atom. The van der Waals surface area contributed by atoms with Crippen molar-refractivity contribution >= 4 is 21.5 Å². The highest BCUT2D eigenvalue weighted by molar-refractivity contribution is 5.92. The number of ether oxygens (including phenoxy) is 2. The highest BCUT2D eigenvalue weighted by atomic mass is 16.5. The molecule has 7 rings (SSSR count). The molecule has 0 atom stereocenters. The Labute approximate surface area is 340 Å². The third-order valence-electron chi connectivity index (χ3n) is 12.1. The van der Waals surface area contributed by atoms with Gasteiger partial charge in [0, 0.05) is 13.2 Å². The smallest absolute Gasteiger partial charge is 0.119 e. The molecule has 0 radical (unpaired) electrons. The SMILES string of the molecule is OCCCCCCCCCCOc1ccc2cc(C3(c4ccc5cc(OCCCCCCCCCCO)ccc5c4)c4ccccc4-c4ccccc43)ccc2c1. The third-order valence-corrected chi connectivity index (χ3v) is 12.1. The minimum Gasteiger partial charge on any atom is -0.494 e. The molecule has 298 valence electrons. The van der Waals surface area contributed by atoms with Crippen molar-refractivity contribution in [2.75, 3.05) is 26.4 Å². The summed E-state index contributed by atoms with van der Waals surface area (Å²) in [5, 5.41) is 22.7. The summed E-state index contributed by atoms with van der Waals surface area (Å²) >= 11 is 0. The molecule has 57 heavy (non-hydrogen) atoms. The van der Waals surface area contributed by atoms with Crippen LogP contribution in [0.1, 0.15) is 125 Å². The van der Waals surface area contributed by atoms with Crippen LogP contribution in [0.15, 0.2) is 121 Å². The second-order valence-electron chi connectivity index (χ2n) is 16.1. The fourth-order valence-corrected chi connectivity index (χ4v) is 9.05. The van der Waals surface area contributed by atoms with Gasteiger partial charge < -0.3 is 19.7 Å². The average Bonchev–Trinajstić information content (AvgIpc) is 3.55. The molecule has 2 N–H and O–H groups in total. The number of aliphatic hydroxyl groups excluding tert-OH is 2. The van der Waals surface area contributed by atoms with E-state index in [0.717, 1.165) is 63.2 Å². The first-order valence-corrected chi connectivity index (χ1v) is 22.0. The monoisotopic (exact) mass is 762 g/mol. The predicted molar refractivity (Wildman–Crippen MR) is 238 cm³/mol. The Morgan fingerprint density at radius 1 is 0.351 bits per heavy atom. The highest BCUT2D eigenvalue weighted by Crippen LogP contribution is 2.56. The van der Waals surface area contributed by atoms with Crippen molar-refractivity contribution in [2.24, 2.45) is 0 Å². The second kappa shape index (κ2) is 20.7. The zero-order valence-corrected chi connectivity index (χ0v) is 33.9. The molecule has 0 fully saturated rings. The van der Waals surface area contributed by atoms with Crippen LogP contribution in [0.25, 0.3) is 32.7 Å². The number of rotatable bonds is 24. The molecule has 4 heteroatoms. The summed E-state index contributed by atoms with van der Waals surface area (Å²) in [4.78, 5) is 0. The molecular weight excluding hydrogens is 701 g/mol. The molecule has 0 bridgehead atoms. The zero-order chi connectivity index (χ0) is 39.1. The molecule has 6 aromatic carbocycles. The lowest BCUT2D eigenvalue weighted by molar-refractivity contribution is 0.281. The Morgan fingerprint density at radius 2 is 0.702 bits per heavy atom. The lowest BCUT2D eigenvalue weighted by Crippen LogP contribution is -2.28. The van der Waals surface area contributed by atoms with E-state index in [1.54, 1.807) is 0 Å². The fraction of sp³-hybridized carbons (Fsp3) is 0.396. The van der Waals surface area contributed by atoms with E-state index in [4.69, 9.17) is 19.7 Å². The summed E-state index contributed by atoms with van der Waals surface area (Å²) in [5.41, 5.74) is 7.29. The van der Waals surface area contributed by atoms with Crippen molar-refractivity contribution in [3.63, 3.8) is 0 Å². The van der Waals surface area contributed by atoms with Crippen LogP contribution in [-0.4, -0.2) is 36.6 Å². The van der Waals surface area contributed by atoms with Crippen molar-refractivity contribution in [2.45, 2.75) is 108 Å². The molecule has 0 heterocycles. The van der Waals surface area contributed by atoms with Crippen molar-refractivity contribution in [1.82, 2.24) is 0 Å². The molecule has 6 aromatic rings. The molecule has 0 saturated heterocycles. The first kappa shape index (κ1) is 40.6. The molecule has 0 spiro atoms. The van der Waals surface area contributed by atoms with E-state index >= 15 is 0 Å². The van der Waals surface area contributed by atoms with Crippen LogP contribution in [0.5, 0.6) is 11.5 Å². The number of unbranched alkanes of at least 4 members (excludes halogenated alkanes) is 14. The van der Waals surface area contributed by atoms with Gasteiger partial charge in [0.1, 0.15) is 11.5 Å². The average molecular weight is 763 g/mol. The number of hydrogen-bond donors (Lipinski definition) is 2. The molecular formula is C53H62O4. The molecule has 1 aliphatic carbocycles. The quantitative estimate of drug-likeness (QED) is 0.0602.